The van der Waals surface area contributed by atoms with E-state index in [9.17, 15) is 0 Å². The average molecular weight is 229 g/mol. The van der Waals surface area contributed by atoms with E-state index in [1.807, 2.05) is 0 Å². The van der Waals surface area contributed by atoms with Crippen molar-refractivity contribution in [3.8, 4) is 0 Å². The van der Waals surface area contributed by atoms with Crippen LogP contribution in [0.15, 0.2) is 42.5 Å². The Bertz CT molecular complexity index is 505. The molecule has 0 aliphatic carbocycles. The van der Waals surface area contributed by atoms with E-state index >= 15 is 0 Å². The number of methoxy groups -OCH3 is 1. The zero-order valence-electron chi connectivity index (χ0n) is 10.7. The fourth-order valence-electron chi connectivity index (χ4n) is 1.69. The van der Waals surface area contributed by atoms with Crippen molar-refractivity contribution in [2.75, 3.05) is 19.0 Å². The number of ether oxygens (including phenoxy) is 1. The SMILES string of the molecule is COC(C)(C)CNc1ccc2ccccc2c1. The molecule has 2 aromatic carbocycles. The van der Waals surface area contributed by atoms with Gasteiger partial charge in [-0.1, -0.05) is 30.3 Å². The summed E-state index contributed by atoms with van der Waals surface area (Å²) in [7, 11) is 1.74. The van der Waals surface area contributed by atoms with Gasteiger partial charge in [-0.05, 0) is 36.8 Å². The Balaban J connectivity index is 2.14. The summed E-state index contributed by atoms with van der Waals surface area (Å²) in [5, 5.41) is 5.93. The van der Waals surface area contributed by atoms with Gasteiger partial charge in [0.25, 0.3) is 0 Å². The monoisotopic (exact) mass is 229 g/mol. The molecule has 1 N–H and O–H groups in total. The molecule has 90 valence electrons. The van der Waals surface area contributed by atoms with Gasteiger partial charge >= 0.3 is 0 Å². The number of hydrogen-bond acceptors (Lipinski definition) is 2. The normalized spacial score (nSPS) is 11.7. The summed E-state index contributed by atoms with van der Waals surface area (Å²) in [4.78, 5) is 0. The molecule has 2 rings (SSSR count). The highest BCUT2D eigenvalue weighted by molar-refractivity contribution is 5.85. The Labute approximate surface area is 103 Å². The molecule has 0 spiro atoms. The van der Waals surface area contributed by atoms with Crippen LogP contribution in [0.5, 0.6) is 0 Å². The van der Waals surface area contributed by atoms with Crippen molar-refractivity contribution in [1.82, 2.24) is 0 Å². The van der Waals surface area contributed by atoms with Gasteiger partial charge in [-0.15, -0.1) is 0 Å². The van der Waals surface area contributed by atoms with Crippen molar-refractivity contribution < 1.29 is 4.74 Å². The van der Waals surface area contributed by atoms with Crippen molar-refractivity contribution >= 4 is 16.5 Å². The van der Waals surface area contributed by atoms with Crippen LogP contribution < -0.4 is 5.32 Å². The Kier molecular flexibility index (Phi) is 3.34. The first-order valence-electron chi connectivity index (χ1n) is 5.88. The van der Waals surface area contributed by atoms with Crippen LogP contribution in [0.25, 0.3) is 10.8 Å². The lowest BCUT2D eigenvalue weighted by atomic mass is 10.1. The maximum absolute atomic E-state index is 5.38. The molecule has 2 aromatic rings. The summed E-state index contributed by atoms with van der Waals surface area (Å²) in [5.41, 5.74) is 0.986. The van der Waals surface area contributed by atoms with Crippen molar-refractivity contribution in [2.45, 2.75) is 19.4 Å². The fraction of sp³-hybridized carbons (Fsp3) is 0.333. The third kappa shape index (κ3) is 2.98. The highest BCUT2D eigenvalue weighted by Crippen LogP contribution is 2.19. The van der Waals surface area contributed by atoms with Gasteiger partial charge < -0.3 is 10.1 Å². The second-order valence-corrected chi connectivity index (χ2v) is 4.88. The molecular weight excluding hydrogens is 210 g/mol. The van der Waals surface area contributed by atoms with E-state index in [-0.39, 0.29) is 5.60 Å². The summed E-state index contributed by atoms with van der Waals surface area (Å²) >= 11 is 0. The van der Waals surface area contributed by atoms with Gasteiger partial charge in [0.15, 0.2) is 0 Å². The summed E-state index contributed by atoms with van der Waals surface area (Å²) < 4.78 is 5.38. The van der Waals surface area contributed by atoms with Gasteiger partial charge in [0.05, 0.1) is 5.60 Å². The lowest BCUT2D eigenvalue weighted by Gasteiger charge is -2.23. The Hall–Kier alpha value is -1.54. The molecule has 17 heavy (non-hydrogen) atoms. The molecule has 0 amide bonds. The quantitative estimate of drug-likeness (QED) is 0.863. The standard InChI is InChI=1S/C15H19NO/c1-15(2,17-3)11-16-14-9-8-12-6-4-5-7-13(12)10-14/h4-10,16H,11H2,1-3H3. The van der Waals surface area contributed by atoms with Crippen LogP contribution >= 0.6 is 0 Å². The second kappa shape index (κ2) is 4.76. The molecule has 2 heteroatoms. The van der Waals surface area contributed by atoms with Crippen LogP contribution in [0.2, 0.25) is 0 Å². The minimum Gasteiger partial charge on any atom is -0.382 e. The van der Waals surface area contributed by atoms with Crippen molar-refractivity contribution in [3.05, 3.63) is 42.5 Å². The molecule has 0 radical (unpaired) electrons. The van der Waals surface area contributed by atoms with Crippen LogP contribution in [0, 0.1) is 0 Å². The summed E-state index contributed by atoms with van der Waals surface area (Å²) in [6.45, 7) is 4.93. The highest BCUT2D eigenvalue weighted by atomic mass is 16.5. The number of benzene rings is 2. The molecule has 0 fully saturated rings. The van der Waals surface area contributed by atoms with Crippen molar-refractivity contribution in [3.63, 3.8) is 0 Å². The molecule has 0 bridgehead atoms. The largest absolute Gasteiger partial charge is 0.382 e. The number of fused-ring (bicyclic) bond motifs is 1. The summed E-state index contributed by atoms with van der Waals surface area (Å²) in [6.07, 6.45) is 0. The topological polar surface area (TPSA) is 21.3 Å². The minimum absolute atomic E-state index is 0.147. The molecule has 0 aliphatic heterocycles. The first-order chi connectivity index (χ1) is 8.11. The molecule has 0 saturated heterocycles. The summed E-state index contributed by atoms with van der Waals surface area (Å²) in [5.74, 6) is 0. The Morgan fingerprint density at radius 1 is 1.06 bits per heavy atom. The Morgan fingerprint density at radius 3 is 2.47 bits per heavy atom. The molecule has 0 aliphatic rings. The lowest BCUT2D eigenvalue weighted by molar-refractivity contribution is 0.0344. The van der Waals surface area contributed by atoms with Crippen LogP contribution in [-0.4, -0.2) is 19.3 Å². The molecular formula is C15H19NO. The molecule has 2 nitrogen and oxygen atoms in total. The van der Waals surface area contributed by atoms with E-state index in [1.165, 1.54) is 10.8 Å². The molecule has 0 aromatic heterocycles. The van der Waals surface area contributed by atoms with Crippen LogP contribution in [0.3, 0.4) is 0 Å². The first-order valence-corrected chi connectivity index (χ1v) is 5.88. The van der Waals surface area contributed by atoms with E-state index in [4.69, 9.17) is 4.74 Å². The predicted molar refractivity (Wildman–Crippen MR) is 73.5 cm³/mol. The van der Waals surface area contributed by atoms with Gasteiger partial charge in [0.2, 0.25) is 0 Å². The van der Waals surface area contributed by atoms with E-state index in [0.717, 1.165) is 12.2 Å². The van der Waals surface area contributed by atoms with Gasteiger partial charge in [-0.3, -0.25) is 0 Å². The fourth-order valence-corrected chi connectivity index (χ4v) is 1.69. The van der Waals surface area contributed by atoms with E-state index in [1.54, 1.807) is 7.11 Å². The summed E-state index contributed by atoms with van der Waals surface area (Å²) in [6, 6.07) is 14.8. The highest BCUT2D eigenvalue weighted by Gasteiger charge is 2.15. The maximum atomic E-state index is 5.38. The van der Waals surface area contributed by atoms with Gasteiger partial charge in [-0.2, -0.15) is 0 Å². The smallest absolute Gasteiger partial charge is 0.0794 e. The van der Waals surface area contributed by atoms with Crippen molar-refractivity contribution in [2.24, 2.45) is 0 Å². The van der Waals surface area contributed by atoms with Crippen LogP contribution in [-0.2, 0) is 4.74 Å². The van der Waals surface area contributed by atoms with E-state index in [0.29, 0.717) is 0 Å². The van der Waals surface area contributed by atoms with E-state index in [2.05, 4.69) is 61.6 Å². The molecule has 0 heterocycles. The minimum atomic E-state index is -0.147. The average Bonchev–Trinajstić information content (AvgIpc) is 2.36. The zero-order chi connectivity index (χ0) is 12.3. The lowest BCUT2D eigenvalue weighted by Crippen LogP contribution is -2.31. The predicted octanol–water partition coefficient (Wildman–Crippen LogP) is 3.68. The van der Waals surface area contributed by atoms with Crippen LogP contribution in [0.4, 0.5) is 5.69 Å². The van der Waals surface area contributed by atoms with Gasteiger partial charge in [0.1, 0.15) is 0 Å². The number of anilines is 1. The number of rotatable bonds is 4. The zero-order valence-corrected chi connectivity index (χ0v) is 10.7. The van der Waals surface area contributed by atoms with E-state index < -0.39 is 0 Å². The maximum Gasteiger partial charge on any atom is 0.0794 e. The van der Waals surface area contributed by atoms with Crippen LogP contribution in [0.1, 0.15) is 13.8 Å². The number of hydrogen-bond donors (Lipinski definition) is 1. The van der Waals surface area contributed by atoms with Crippen molar-refractivity contribution in [1.29, 1.82) is 0 Å². The second-order valence-electron chi connectivity index (χ2n) is 4.88. The third-order valence-electron chi connectivity index (χ3n) is 3.02. The molecule has 0 unspecified atom stereocenters. The molecule has 0 saturated carbocycles. The third-order valence-corrected chi connectivity index (χ3v) is 3.02. The van der Waals surface area contributed by atoms with Gasteiger partial charge in [-0.25, -0.2) is 0 Å². The number of nitrogens with one attached hydrogen (secondary N) is 1. The Morgan fingerprint density at radius 2 is 1.76 bits per heavy atom. The first kappa shape index (κ1) is 11.9. The molecule has 0 atom stereocenters. The van der Waals surface area contributed by atoms with Gasteiger partial charge in [0, 0.05) is 19.3 Å².